The van der Waals surface area contributed by atoms with Crippen LogP contribution >= 0.6 is 12.4 Å². The van der Waals surface area contributed by atoms with E-state index in [9.17, 15) is 5.11 Å². The fourth-order valence-electron chi connectivity index (χ4n) is 2.76. The van der Waals surface area contributed by atoms with E-state index in [4.69, 9.17) is 5.73 Å². The number of H-pyrrole nitrogens is 1. The molecule has 4 heteroatoms. The van der Waals surface area contributed by atoms with Gasteiger partial charge < -0.3 is 15.8 Å². The number of rotatable bonds is 1. The van der Waals surface area contributed by atoms with Crippen LogP contribution < -0.4 is 5.73 Å². The van der Waals surface area contributed by atoms with Crippen molar-refractivity contribution in [1.82, 2.24) is 4.98 Å². The number of hydrogen-bond donors (Lipinski definition) is 3. The number of aromatic nitrogens is 1. The zero-order valence-corrected chi connectivity index (χ0v) is 13.1. The predicted molar refractivity (Wildman–Crippen MR) is 91.3 cm³/mol. The number of halogens is 1. The summed E-state index contributed by atoms with van der Waals surface area (Å²) in [4.78, 5) is 3.42. The molecule has 2 aromatic carbocycles. The molecule has 1 heterocycles. The molecule has 0 atom stereocenters. The van der Waals surface area contributed by atoms with E-state index in [0.29, 0.717) is 5.75 Å². The number of aromatic amines is 1. The van der Waals surface area contributed by atoms with Crippen LogP contribution in [-0.2, 0) is 0 Å². The normalized spacial score (nSPS) is 10.6. The maximum atomic E-state index is 9.90. The molecule has 3 aromatic rings. The molecule has 1 aromatic heterocycles. The van der Waals surface area contributed by atoms with Gasteiger partial charge in [-0.3, -0.25) is 0 Å². The maximum absolute atomic E-state index is 9.90. The lowest BCUT2D eigenvalue weighted by atomic mass is 10.0. The molecule has 0 unspecified atom stereocenters. The van der Waals surface area contributed by atoms with Crippen molar-refractivity contribution in [2.45, 2.75) is 20.8 Å². The maximum Gasteiger partial charge on any atom is 0.121 e. The van der Waals surface area contributed by atoms with Crippen LogP contribution in [0.1, 0.15) is 16.7 Å². The van der Waals surface area contributed by atoms with Crippen LogP contribution in [0.5, 0.6) is 5.75 Å². The summed E-state index contributed by atoms with van der Waals surface area (Å²) < 4.78 is 0. The molecule has 0 fully saturated rings. The molecule has 3 nitrogen and oxygen atoms in total. The lowest BCUT2D eigenvalue weighted by molar-refractivity contribution is 0.467. The lowest BCUT2D eigenvalue weighted by Gasteiger charge is -2.07. The molecular weight excluding hydrogens is 284 g/mol. The van der Waals surface area contributed by atoms with Crippen molar-refractivity contribution in [2.24, 2.45) is 0 Å². The highest BCUT2D eigenvalue weighted by molar-refractivity contribution is 5.97. The molecule has 0 bridgehead atoms. The summed E-state index contributed by atoms with van der Waals surface area (Å²) >= 11 is 0. The van der Waals surface area contributed by atoms with E-state index in [-0.39, 0.29) is 12.4 Å². The minimum absolute atomic E-state index is 0. The molecule has 0 aliphatic heterocycles. The molecule has 0 aliphatic rings. The van der Waals surface area contributed by atoms with Gasteiger partial charge in [0, 0.05) is 11.1 Å². The van der Waals surface area contributed by atoms with E-state index >= 15 is 0 Å². The van der Waals surface area contributed by atoms with Crippen LogP contribution in [0.15, 0.2) is 30.3 Å². The SMILES string of the molecule is Cc1cc(-c2[nH]c3c(N)cccc3c2C)cc(C)c1O.Cl. The van der Waals surface area contributed by atoms with E-state index < -0.39 is 0 Å². The Kier molecular flexibility index (Phi) is 3.88. The number of phenols is 1. The minimum Gasteiger partial charge on any atom is -0.507 e. The Balaban J connectivity index is 0.00000161. The summed E-state index contributed by atoms with van der Waals surface area (Å²) in [6.45, 7) is 5.92. The first-order valence-corrected chi connectivity index (χ1v) is 6.66. The van der Waals surface area contributed by atoms with Crippen LogP contribution in [0, 0.1) is 20.8 Å². The van der Waals surface area contributed by atoms with E-state index in [1.807, 2.05) is 38.1 Å². The van der Waals surface area contributed by atoms with E-state index in [1.165, 1.54) is 5.56 Å². The minimum atomic E-state index is 0. The lowest BCUT2D eigenvalue weighted by Crippen LogP contribution is -1.87. The van der Waals surface area contributed by atoms with Crippen molar-refractivity contribution in [3.05, 3.63) is 47.0 Å². The van der Waals surface area contributed by atoms with Gasteiger partial charge in [-0.05, 0) is 61.2 Å². The predicted octanol–water partition coefficient (Wildman–Crippen LogP) is 4.47. The molecule has 0 radical (unpaired) electrons. The standard InChI is InChI=1S/C17H18N2O.ClH/c1-9-7-12(8-10(2)17(9)20)15-11(3)13-5-4-6-14(18)16(13)19-15;/h4-8,19-20H,18H2,1-3H3;1H. The van der Waals surface area contributed by atoms with Gasteiger partial charge in [-0.2, -0.15) is 0 Å². The van der Waals surface area contributed by atoms with Crippen molar-refractivity contribution < 1.29 is 5.11 Å². The first-order valence-electron chi connectivity index (χ1n) is 6.66. The summed E-state index contributed by atoms with van der Waals surface area (Å²) in [6, 6.07) is 9.93. The number of nitrogens with one attached hydrogen (secondary N) is 1. The Hall–Kier alpha value is -2.13. The summed E-state index contributed by atoms with van der Waals surface area (Å²) in [5, 5.41) is 11.0. The number of anilines is 1. The van der Waals surface area contributed by atoms with Crippen LogP contribution in [0.4, 0.5) is 5.69 Å². The van der Waals surface area contributed by atoms with Gasteiger partial charge in [0.05, 0.1) is 11.2 Å². The summed E-state index contributed by atoms with van der Waals surface area (Å²) in [5.74, 6) is 0.363. The largest absolute Gasteiger partial charge is 0.507 e. The van der Waals surface area contributed by atoms with Crippen molar-refractivity contribution in [2.75, 3.05) is 5.73 Å². The zero-order valence-electron chi connectivity index (χ0n) is 12.3. The topological polar surface area (TPSA) is 62.0 Å². The van der Waals surface area contributed by atoms with E-state index in [1.54, 1.807) is 0 Å². The van der Waals surface area contributed by atoms with Crippen LogP contribution in [0.25, 0.3) is 22.2 Å². The Labute approximate surface area is 130 Å². The van der Waals surface area contributed by atoms with Gasteiger partial charge >= 0.3 is 0 Å². The molecule has 0 saturated carbocycles. The molecular formula is C17H19ClN2O. The van der Waals surface area contributed by atoms with Gasteiger partial charge in [0.2, 0.25) is 0 Å². The summed E-state index contributed by atoms with van der Waals surface area (Å²) in [7, 11) is 0. The van der Waals surface area contributed by atoms with Gasteiger partial charge in [0.25, 0.3) is 0 Å². The van der Waals surface area contributed by atoms with Crippen molar-refractivity contribution in [3.63, 3.8) is 0 Å². The highest BCUT2D eigenvalue weighted by atomic mass is 35.5. The van der Waals surface area contributed by atoms with Gasteiger partial charge in [-0.15, -0.1) is 12.4 Å². The zero-order chi connectivity index (χ0) is 14.4. The second-order valence-corrected chi connectivity index (χ2v) is 5.35. The molecule has 110 valence electrons. The van der Waals surface area contributed by atoms with Crippen LogP contribution in [-0.4, -0.2) is 10.1 Å². The fourth-order valence-corrected chi connectivity index (χ4v) is 2.76. The number of aryl methyl sites for hydroxylation is 3. The fraction of sp³-hybridized carbons (Fsp3) is 0.176. The summed E-state index contributed by atoms with van der Waals surface area (Å²) in [5.41, 5.74) is 12.8. The molecule has 4 N–H and O–H groups in total. The number of phenolic OH excluding ortho intramolecular Hbond substituents is 1. The van der Waals surface area contributed by atoms with E-state index in [2.05, 4.69) is 18.0 Å². The van der Waals surface area contributed by atoms with Gasteiger partial charge in [-0.1, -0.05) is 12.1 Å². The second kappa shape index (κ2) is 5.34. The van der Waals surface area contributed by atoms with Gasteiger partial charge in [0.15, 0.2) is 0 Å². The Morgan fingerprint density at radius 3 is 2.24 bits per heavy atom. The Morgan fingerprint density at radius 1 is 1.05 bits per heavy atom. The third-order valence-electron chi connectivity index (χ3n) is 3.91. The quantitative estimate of drug-likeness (QED) is 0.581. The number of para-hydroxylation sites is 1. The summed E-state index contributed by atoms with van der Waals surface area (Å²) in [6.07, 6.45) is 0. The van der Waals surface area contributed by atoms with Crippen LogP contribution in [0.2, 0.25) is 0 Å². The number of benzene rings is 2. The molecule has 3 rings (SSSR count). The molecule has 0 aliphatic carbocycles. The van der Waals surface area contributed by atoms with Crippen molar-refractivity contribution in [1.29, 1.82) is 0 Å². The van der Waals surface area contributed by atoms with Crippen molar-refractivity contribution in [3.8, 4) is 17.0 Å². The average Bonchev–Trinajstić information content (AvgIpc) is 2.75. The first-order chi connectivity index (χ1) is 9.49. The molecule has 0 amide bonds. The third-order valence-corrected chi connectivity index (χ3v) is 3.91. The van der Waals surface area contributed by atoms with Gasteiger partial charge in [0.1, 0.15) is 5.75 Å². The molecule has 0 spiro atoms. The highest BCUT2D eigenvalue weighted by Gasteiger charge is 2.13. The highest BCUT2D eigenvalue weighted by Crippen LogP contribution is 2.35. The third kappa shape index (κ3) is 2.34. The Bertz CT molecular complexity index is 798. The molecule has 0 saturated heterocycles. The monoisotopic (exact) mass is 302 g/mol. The number of hydrogen-bond acceptors (Lipinski definition) is 2. The van der Waals surface area contributed by atoms with Gasteiger partial charge in [-0.25, -0.2) is 0 Å². The molecule has 21 heavy (non-hydrogen) atoms. The number of fused-ring (bicyclic) bond motifs is 1. The van der Waals surface area contributed by atoms with E-state index in [0.717, 1.165) is 39.0 Å². The van der Waals surface area contributed by atoms with Crippen molar-refractivity contribution >= 4 is 29.0 Å². The smallest absolute Gasteiger partial charge is 0.121 e. The Morgan fingerprint density at radius 2 is 1.67 bits per heavy atom. The van der Waals surface area contributed by atoms with Crippen LogP contribution in [0.3, 0.4) is 0 Å². The number of nitrogen functional groups attached to an aromatic ring is 1. The number of aromatic hydroxyl groups is 1. The second-order valence-electron chi connectivity index (χ2n) is 5.35. The first kappa shape index (κ1) is 15.3. The average molecular weight is 303 g/mol. The number of nitrogens with two attached hydrogens (primary N) is 1.